The molecular weight excluding hydrogens is 323 g/mol. The predicted molar refractivity (Wildman–Crippen MR) is 86.4 cm³/mol. The maximum atomic E-state index is 11.8. The SMILES string of the molecule is CN(C)C(=O)/C(C#N)=C/c1ccc(-c2ccc(Cl)cc2Cl)o1. The predicted octanol–water partition coefficient (Wildman–Crippen LogP) is 4.25. The van der Waals surface area contributed by atoms with Gasteiger partial charge >= 0.3 is 0 Å². The Balaban J connectivity index is 2.36. The van der Waals surface area contributed by atoms with Crippen LogP contribution in [0.5, 0.6) is 0 Å². The molecule has 0 saturated carbocycles. The second-order valence-corrected chi connectivity index (χ2v) is 5.54. The van der Waals surface area contributed by atoms with Gasteiger partial charge in [0.15, 0.2) is 0 Å². The van der Waals surface area contributed by atoms with Crippen LogP contribution >= 0.6 is 23.2 Å². The lowest BCUT2D eigenvalue weighted by atomic mass is 10.2. The molecule has 4 nitrogen and oxygen atoms in total. The van der Waals surface area contributed by atoms with Crippen molar-refractivity contribution >= 4 is 35.2 Å². The highest BCUT2D eigenvalue weighted by Crippen LogP contribution is 2.31. The van der Waals surface area contributed by atoms with Gasteiger partial charge in [-0.15, -0.1) is 0 Å². The number of nitrogens with zero attached hydrogens (tertiary/aromatic N) is 2. The van der Waals surface area contributed by atoms with E-state index in [1.165, 1.54) is 11.0 Å². The van der Waals surface area contributed by atoms with E-state index in [-0.39, 0.29) is 11.5 Å². The van der Waals surface area contributed by atoms with E-state index in [4.69, 9.17) is 32.9 Å². The van der Waals surface area contributed by atoms with Crippen LogP contribution < -0.4 is 0 Å². The van der Waals surface area contributed by atoms with Gasteiger partial charge in [-0.1, -0.05) is 23.2 Å². The summed E-state index contributed by atoms with van der Waals surface area (Å²) in [7, 11) is 3.16. The lowest BCUT2D eigenvalue weighted by Gasteiger charge is -2.07. The monoisotopic (exact) mass is 334 g/mol. The standard InChI is InChI=1S/C16H12Cl2N2O2/c1-20(2)16(21)10(9-19)7-12-4-6-15(22-12)13-5-3-11(17)8-14(13)18/h3-8H,1-2H3/b10-7+. The number of amides is 1. The summed E-state index contributed by atoms with van der Waals surface area (Å²) in [6.07, 6.45) is 1.40. The Bertz CT molecular complexity index is 786. The number of carbonyl (C=O) groups excluding carboxylic acids is 1. The lowest BCUT2D eigenvalue weighted by Crippen LogP contribution is -2.22. The van der Waals surface area contributed by atoms with E-state index in [1.807, 2.05) is 6.07 Å². The van der Waals surface area contributed by atoms with Crippen molar-refractivity contribution in [3.8, 4) is 17.4 Å². The molecule has 0 saturated heterocycles. The molecule has 0 bridgehead atoms. The van der Waals surface area contributed by atoms with Gasteiger partial charge in [0.25, 0.3) is 5.91 Å². The third kappa shape index (κ3) is 3.51. The largest absolute Gasteiger partial charge is 0.457 e. The number of likely N-dealkylation sites (N-methyl/N-ethyl adjacent to an activating group) is 1. The van der Waals surface area contributed by atoms with Crippen LogP contribution in [-0.4, -0.2) is 24.9 Å². The van der Waals surface area contributed by atoms with Gasteiger partial charge in [0, 0.05) is 30.8 Å². The zero-order valence-corrected chi connectivity index (χ0v) is 13.4. The first-order chi connectivity index (χ1) is 10.4. The first kappa shape index (κ1) is 16.2. The summed E-state index contributed by atoms with van der Waals surface area (Å²) < 4.78 is 5.63. The van der Waals surface area contributed by atoms with Crippen molar-refractivity contribution in [3.63, 3.8) is 0 Å². The molecule has 0 atom stereocenters. The number of carbonyl (C=O) groups is 1. The molecule has 2 rings (SSSR count). The quantitative estimate of drug-likeness (QED) is 0.622. The summed E-state index contributed by atoms with van der Waals surface area (Å²) in [4.78, 5) is 13.1. The van der Waals surface area contributed by atoms with Crippen LogP contribution in [0, 0.1) is 11.3 Å². The summed E-state index contributed by atoms with van der Waals surface area (Å²) in [5, 5.41) is 10.1. The fraction of sp³-hybridized carbons (Fsp3) is 0.125. The number of nitriles is 1. The Morgan fingerprint density at radius 2 is 2.00 bits per heavy atom. The summed E-state index contributed by atoms with van der Waals surface area (Å²) in [6, 6.07) is 10.3. The molecule has 2 aromatic rings. The molecule has 112 valence electrons. The first-order valence-electron chi connectivity index (χ1n) is 6.31. The Morgan fingerprint density at radius 3 is 2.59 bits per heavy atom. The maximum Gasteiger partial charge on any atom is 0.264 e. The van der Waals surface area contributed by atoms with E-state index in [9.17, 15) is 4.79 Å². The number of hydrogen-bond donors (Lipinski definition) is 0. The van der Waals surface area contributed by atoms with Crippen LogP contribution in [0.1, 0.15) is 5.76 Å². The minimum atomic E-state index is -0.384. The normalized spacial score (nSPS) is 11.1. The van der Waals surface area contributed by atoms with Gasteiger partial charge in [-0.2, -0.15) is 5.26 Å². The average molecular weight is 335 g/mol. The molecule has 0 aliphatic carbocycles. The molecule has 6 heteroatoms. The number of rotatable bonds is 3. The minimum absolute atomic E-state index is 0.00639. The number of benzene rings is 1. The minimum Gasteiger partial charge on any atom is -0.457 e. The highest BCUT2D eigenvalue weighted by molar-refractivity contribution is 6.36. The van der Waals surface area contributed by atoms with Gasteiger partial charge in [-0.25, -0.2) is 0 Å². The van der Waals surface area contributed by atoms with Gasteiger partial charge in [0.05, 0.1) is 5.02 Å². The van der Waals surface area contributed by atoms with E-state index < -0.39 is 0 Å². The van der Waals surface area contributed by atoms with Gasteiger partial charge in [-0.05, 0) is 30.3 Å². The molecule has 1 heterocycles. The fourth-order valence-corrected chi connectivity index (χ4v) is 2.29. The van der Waals surface area contributed by atoms with Crippen LogP contribution in [0.15, 0.2) is 40.3 Å². The van der Waals surface area contributed by atoms with E-state index >= 15 is 0 Å². The van der Waals surface area contributed by atoms with Gasteiger partial charge in [0.1, 0.15) is 23.2 Å². The van der Waals surface area contributed by atoms with Crippen molar-refractivity contribution in [1.82, 2.24) is 4.90 Å². The molecule has 1 aromatic carbocycles. The molecular formula is C16H12Cl2N2O2. The van der Waals surface area contributed by atoms with E-state index in [0.717, 1.165) is 0 Å². The summed E-state index contributed by atoms with van der Waals surface area (Å²) in [5.74, 6) is 0.542. The zero-order valence-electron chi connectivity index (χ0n) is 11.9. The third-order valence-corrected chi connectivity index (χ3v) is 3.41. The summed E-state index contributed by atoms with van der Waals surface area (Å²) in [5.41, 5.74) is 0.677. The Hall–Kier alpha value is -2.22. The molecule has 0 spiro atoms. The molecule has 1 aromatic heterocycles. The lowest BCUT2D eigenvalue weighted by molar-refractivity contribution is -0.124. The van der Waals surface area contributed by atoms with Gasteiger partial charge in [0.2, 0.25) is 0 Å². The van der Waals surface area contributed by atoms with E-state index in [0.29, 0.717) is 27.1 Å². The maximum absolute atomic E-state index is 11.8. The van der Waals surface area contributed by atoms with Crippen LogP contribution in [0.4, 0.5) is 0 Å². The second-order valence-electron chi connectivity index (χ2n) is 4.70. The molecule has 0 radical (unpaired) electrons. The van der Waals surface area contributed by atoms with Crippen LogP contribution in [0.3, 0.4) is 0 Å². The van der Waals surface area contributed by atoms with Crippen molar-refractivity contribution < 1.29 is 9.21 Å². The average Bonchev–Trinajstić information content (AvgIpc) is 2.92. The highest BCUT2D eigenvalue weighted by Gasteiger charge is 2.13. The fourth-order valence-electron chi connectivity index (χ4n) is 1.79. The molecule has 0 N–H and O–H groups in total. The molecule has 0 fully saturated rings. The highest BCUT2D eigenvalue weighted by atomic mass is 35.5. The van der Waals surface area contributed by atoms with Crippen LogP contribution in [0.2, 0.25) is 10.0 Å². The summed E-state index contributed by atoms with van der Waals surface area (Å²) in [6.45, 7) is 0. The number of halogens is 2. The van der Waals surface area contributed by atoms with Gasteiger partial charge < -0.3 is 9.32 Å². The molecule has 0 aliphatic rings. The second kappa shape index (κ2) is 6.69. The van der Waals surface area contributed by atoms with Gasteiger partial charge in [-0.3, -0.25) is 4.79 Å². The smallest absolute Gasteiger partial charge is 0.264 e. The van der Waals surface area contributed by atoms with Crippen molar-refractivity contribution in [2.45, 2.75) is 0 Å². The Morgan fingerprint density at radius 1 is 1.27 bits per heavy atom. The molecule has 1 amide bonds. The Kier molecular flexibility index (Phi) is 4.92. The van der Waals surface area contributed by atoms with Crippen LogP contribution in [-0.2, 0) is 4.79 Å². The number of hydrogen-bond acceptors (Lipinski definition) is 3. The number of furan rings is 1. The molecule has 0 unspecified atom stereocenters. The van der Waals surface area contributed by atoms with Crippen molar-refractivity contribution in [2.75, 3.05) is 14.1 Å². The topological polar surface area (TPSA) is 57.2 Å². The Labute approximate surface area is 138 Å². The molecule has 0 aliphatic heterocycles. The molecule has 22 heavy (non-hydrogen) atoms. The zero-order chi connectivity index (χ0) is 16.3. The third-order valence-electron chi connectivity index (χ3n) is 2.87. The first-order valence-corrected chi connectivity index (χ1v) is 7.06. The van der Waals surface area contributed by atoms with E-state index in [2.05, 4.69) is 0 Å². The summed E-state index contributed by atoms with van der Waals surface area (Å²) >= 11 is 12.0. The van der Waals surface area contributed by atoms with Crippen molar-refractivity contribution in [3.05, 3.63) is 51.7 Å². The van der Waals surface area contributed by atoms with Crippen LogP contribution in [0.25, 0.3) is 17.4 Å². The van der Waals surface area contributed by atoms with Crippen molar-refractivity contribution in [2.24, 2.45) is 0 Å². The van der Waals surface area contributed by atoms with E-state index in [1.54, 1.807) is 44.4 Å². The van der Waals surface area contributed by atoms with Crippen molar-refractivity contribution in [1.29, 1.82) is 5.26 Å².